The third-order valence-corrected chi connectivity index (χ3v) is 5.20. The van der Waals surface area contributed by atoms with Crippen LogP contribution in [0, 0.1) is 17.0 Å². The van der Waals surface area contributed by atoms with Crippen LogP contribution in [0.1, 0.15) is 21.5 Å². The standard InChI is InChI=1S/C18H12N2O5S2/c1-10-6-7-12(17(22)23)8-14(10)19-16(21)15(27-18(19)26)9-11-4-2-3-5-13(11)20(24)25/h2-9H,1H3,(H,22,23)/p-1/b15-9-. The van der Waals surface area contributed by atoms with Crippen molar-refractivity contribution in [3.63, 3.8) is 0 Å². The van der Waals surface area contributed by atoms with E-state index in [9.17, 15) is 24.8 Å². The van der Waals surface area contributed by atoms with Gasteiger partial charge in [0, 0.05) is 6.07 Å². The van der Waals surface area contributed by atoms with Crippen molar-refractivity contribution in [2.24, 2.45) is 0 Å². The van der Waals surface area contributed by atoms with E-state index < -0.39 is 16.8 Å². The summed E-state index contributed by atoms with van der Waals surface area (Å²) >= 11 is 6.27. The molecule has 0 N–H and O–H groups in total. The van der Waals surface area contributed by atoms with Crippen LogP contribution in [0.2, 0.25) is 0 Å². The number of nitro benzene ring substituents is 1. The quantitative estimate of drug-likeness (QED) is 0.337. The highest BCUT2D eigenvalue weighted by molar-refractivity contribution is 8.27. The van der Waals surface area contributed by atoms with Crippen molar-refractivity contribution in [3.8, 4) is 0 Å². The summed E-state index contributed by atoms with van der Waals surface area (Å²) in [6.07, 6.45) is 1.41. The lowest BCUT2D eigenvalue weighted by Crippen LogP contribution is -2.29. The monoisotopic (exact) mass is 399 g/mol. The number of thiocarbonyl (C=S) groups is 1. The summed E-state index contributed by atoms with van der Waals surface area (Å²) in [6, 6.07) is 10.3. The van der Waals surface area contributed by atoms with Crippen molar-refractivity contribution in [3.05, 3.63) is 74.2 Å². The van der Waals surface area contributed by atoms with Gasteiger partial charge in [-0.3, -0.25) is 19.8 Å². The molecule has 1 aliphatic rings. The predicted octanol–water partition coefficient (Wildman–Crippen LogP) is 2.67. The van der Waals surface area contributed by atoms with Crippen molar-refractivity contribution in [2.45, 2.75) is 6.92 Å². The lowest BCUT2D eigenvalue weighted by Gasteiger charge is -2.18. The van der Waals surface area contributed by atoms with E-state index in [1.807, 2.05) is 0 Å². The van der Waals surface area contributed by atoms with E-state index in [0.29, 0.717) is 11.3 Å². The molecular formula is C18H11N2O5S2-. The van der Waals surface area contributed by atoms with Crippen LogP contribution in [-0.4, -0.2) is 21.1 Å². The molecule has 136 valence electrons. The minimum absolute atomic E-state index is 0.0765. The Morgan fingerprint density at radius 3 is 2.63 bits per heavy atom. The average molecular weight is 399 g/mol. The molecule has 0 aromatic heterocycles. The summed E-state index contributed by atoms with van der Waals surface area (Å²) in [4.78, 5) is 36.0. The molecule has 1 fully saturated rings. The molecule has 2 aromatic carbocycles. The minimum atomic E-state index is -1.36. The van der Waals surface area contributed by atoms with E-state index in [1.165, 1.54) is 41.3 Å². The summed E-state index contributed by atoms with van der Waals surface area (Å²) in [7, 11) is 0. The molecule has 1 amide bonds. The maximum Gasteiger partial charge on any atom is 0.276 e. The highest BCUT2D eigenvalue weighted by Gasteiger charge is 2.34. The van der Waals surface area contributed by atoms with Gasteiger partial charge in [0.2, 0.25) is 0 Å². The van der Waals surface area contributed by atoms with Crippen LogP contribution in [0.3, 0.4) is 0 Å². The SMILES string of the molecule is Cc1ccc(C(=O)[O-])cc1N1C(=O)/C(=C/c2ccccc2[N+](=O)[O-])SC1=S. The number of aromatic carboxylic acids is 1. The zero-order valence-corrected chi connectivity index (χ0v) is 15.5. The Hall–Kier alpha value is -3.04. The van der Waals surface area contributed by atoms with Gasteiger partial charge in [0.05, 0.1) is 27.0 Å². The molecule has 0 atom stereocenters. The molecule has 1 heterocycles. The van der Waals surface area contributed by atoms with Gasteiger partial charge in [0.15, 0.2) is 4.32 Å². The summed E-state index contributed by atoms with van der Waals surface area (Å²) in [5.41, 5.74) is 1.07. The topological polar surface area (TPSA) is 104 Å². The molecule has 1 saturated heterocycles. The number of thioether (sulfide) groups is 1. The van der Waals surface area contributed by atoms with Crippen molar-refractivity contribution in [2.75, 3.05) is 4.90 Å². The molecule has 0 unspecified atom stereocenters. The van der Waals surface area contributed by atoms with Crippen molar-refractivity contribution in [1.29, 1.82) is 0 Å². The number of carbonyl (C=O) groups is 2. The normalized spacial score (nSPS) is 15.4. The maximum absolute atomic E-state index is 12.9. The largest absolute Gasteiger partial charge is 0.545 e. The van der Waals surface area contributed by atoms with E-state index in [-0.39, 0.29) is 26.0 Å². The van der Waals surface area contributed by atoms with Gasteiger partial charge in [-0.2, -0.15) is 0 Å². The number of nitro groups is 1. The Balaban J connectivity index is 2.03. The fraction of sp³-hybridized carbons (Fsp3) is 0.0556. The molecule has 1 aliphatic heterocycles. The van der Waals surface area contributed by atoms with Crippen LogP contribution in [0.5, 0.6) is 0 Å². The number of rotatable bonds is 4. The second-order valence-electron chi connectivity index (χ2n) is 5.62. The smallest absolute Gasteiger partial charge is 0.276 e. The highest BCUT2D eigenvalue weighted by atomic mass is 32.2. The number of nitrogens with zero attached hydrogens (tertiary/aromatic N) is 2. The van der Waals surface area contributed by atoms with Gasteiger partial charge >= 0.3 is 0 Å². The molecule has 27 heavy (non-hydrogen) atoms. The van der Waals surface area contributed by atoms with E-state index in [4.69, 9.17) is 12.2 Å². The number of benzene rings is 2. The molecule has 0 saturated carbocycles. The van der Waals surface area contributed by atoms with Gasteiger partial charge in [0.25, 0.3) is 11.6 Å². The molecule has 0 aliphatic carbocycles. The van der Waals surface area contributed by atoms with Gasteiger partial charge in [-0.25, -0.2) is 0 Å². The number of carboxylic acids is 1. The maximum atomic E-state index is 12.9. The Labute approximate surface area is 163 Å². The van der Waals surface area contributed by atoms with Crippen molar-refractivity contribution >= 4 is 57.6 Å². The molecular weight excluding hydrogens is 388 g/mol. The number of hydrogen-bond donors (Lipinski definition) is 0. The lowest BCUT2D eigenvalue weighted by atomic mass is 10.1. The molecule has 7 nitrogen and oxygen atoms in total. The molecule has 0 spiro atoms. The van der Waals surface area contributed by atoms with Crippen LogP contribution >= 0.6 is 24.0 Å². The zero-order chi connectivity index (χ0) is 19.7. The molecule has 9 heteroatoms. The second-order valence-corrected chi connectivity index (χ2v) is 7.30. The average Bonchev–Trinajstić information content (AvgIpc) is 2.89. The number of hydrogen-bond acceptors (Lipinski definition) is 7. The van der Waals surface area contributed by atoms with Crippen LogP contribution < -0.4 is 10.0 Å². The van der Waals surface area contributed by atoms with Gasteiger partial charge in [-0.1, -0.05) is 48.2 Å². The summed E-state index contributed by atoms with van der Waals surface area (Å²) < 4.78 is 0.212. The van der Waals surface area contributed by atoms with Gasteiger partial charge in [-0.15, -0.1) is 0 Å². The number of carboxylic acid groups (broad SMARTS) is 1. The summed E-state index contributed by atoms with van der Waals surface area (Å²) in [5, 5.41) is 22.3. The van der Waals surface area contributed by atoms with E-state index in [0.717, 1.165) is 11.8 Å². The predicted molar refractivity (Wildman–Crippen MR) is 104 cm³/mol. The number of anilines is 1. The van der Waals surface area contributed by atoms with Crippen LogP contribution in [0.15, 0.2) is 47.4 Å². The Kier molecular flexibility index (Phi) is 5.06. The third-order valence-electron chi connectivity index (χ3n) is 3.90. The molecule has 0 radical (unpaired) electrons. The number of aryl methyl sites for hydroxylation is 1. The van der Waals surface area contributed by atoms with Gasteiger partial charge < -0.3 is 9.90 Å². The zero-order valence-electron chi connectivity index (χ0n) is 13.9. The van der Waals surface area contributed by atoms with E-state index in [1.54, 1.807) is 19.1 Å². The van der Waals surface area contributed by atoms with E-state index in [2.05, 4.69) is 0 Å². The first-order valence-corrected chi connectivity index (χ1v) is 8.85. The van der Waals surface area contributed by atoms with E-state index >= 15 is 0 Å². The highest BCUT2D eigenvalue weighted by Crippen LogP contribution is 2.38. The number of carbonyl (C=O) groups excluding carboxylic acids is 2. The van der Waals surface area contributed by atoms with Crippen molar-refractivity contribution < 1.29 is 19.6 Å². The van der Waals surface area contributed by atoms with Crippen LogP contribution in [0.4, 0.5) is 11.4 Å². The van der Waals surface area contributed by atoms with Gasteiger partial charge in [0.1, 0.15) is 0 Å². The first-order valence-electron chi connectivity index (χ1n) is 7.63. The molecule has 3 rings (SSSR count). The lowest BCUT2D eigenvalue weighted by molar-refractivity contribution is -0.385. The first kappa shape index (κ1) is 18.7. The Bertz CT molecular complexity index is 1030. The molecule has 2 aromatic rings. The number of amides is 1. The van der Waals surface area contributed by atoms with Gasteiger partial charge in [-0.05, 0) is 36.3 Å². The van der Waals surface area contributed by atoms with Crippen LogP contribution in [-0.2, 0) is 4.79 Å². The molecule has 0 bridgehead atoms. The fourth-order valence-corrected chi connectivity index (χ4v) is 3.85. The minimum Gasteiger partial charge on any atom is -0.545 e. The Morgan fingerprint density at radius 1 is 1.26 bits per heavy atom. The second kappa shape index (κ2) is 7.29. The summed E-state index contributed by atoms with van der Waals surface area (Å²) in [5.74, 6) is -1.83. The number of para-hydroxylation sites is 1. The summed E-state index contributed by atoms with van der Waals surface area (Å²) in [6.45, 7) is 1.72. The Morgan fingerprint density at radius 2 is 1.96 bits per heavy atom. The van der Waals surface area contributed by atoms with Crippen molar-refractivity contribution in [1.82, 2.24) is 0 Å². The first-order chi connectivity index (χ1) is 12.8. The third kappa shape index (κ3) is 3.60. The van der Waals surface area contributed by atoms with Crippen LogP contribution in [0.25, 0.3) is 6.08 Å². The fourth-order valence-electron chi connectivity index (χ4n) is 2.57.